The van der Waals surface area contributed by atoms with E-state index in [0.717, 1.165) is 22.2 Å². The van der Waals surface area contributed by atoms with Crippen LogP contribution in [0.3, 0.4) is 0 Å². The van der Waals surface area contributed by atoms with E-state index in [9.17, 15) is 4.79 Å². The van der Waals surface area contributed by atoms with Crippen LogP contribution in [0.2, 0.25) is 0 Å². The van der Waals surface area contributed by atoms with Gasteiger partial charge in [-0.05, 0) is 42.0 Å². The van der Waals surface area contributed by atoms with Crippen LogP contribution < -0.4 is 5.32 Å². The smallest absolute Gasteiger partial charge is 0.252 e. The number of hydrogen-bond acceptors (Lipinski definition) is 3. The van der Waals surface area contributed by atoms with Crippen LogP contribution in [0, 0.1) is 0 Å². The molecule has 2 aromatic heterocycles. The number of nitrogens with one attached hydrogen (secondary N) is 1. The summed E-state index contributed by atoms with van der Waals surface area (Å²) in [5, 5.41) is 8.03. The minimum atomic E-state index is -0.102. The second kappa shape index (κ2) is 6.57. The van der Waals surface area contributed by atoms with Crippen molar-refractivity contribution in [2.24, 2.45) is 0 Å². The van der Waals surface area contributed by atoms with E-state index in [1.165, 1.54) is 0 Å². The van der Waals surface area contributed by atoms with Gasteiger partial charge in [0.15, 0.2) is 0 Å². The maximum Gasteiger partial charge on any atom is 0.252 e. The number of pyridine rings is 1. The molecule has 0 aliphatic rings. The minimum absolute atomic E-state index is 0.102. The fraction of sp³-hybridized carbons (Fsp3) is 0.0500. The second-order valence-corrected chi connectivity index (χ2v) is 5.68. The number of carbonyl (C=O) groups excluding carboxylic acids is 1. The highest BCUT2D eigenvalue weighted by Crippen LogP contribution is 2.16. The summed E-state index contributed by atoms with van der Waals surface area (Å²) in [5.41, 5.74) is 3.47. The Labute approximate surface area is 144 Å². The molecule has 0 atom stereocenters. The number of amides is 1. The third kappa shape index (κ3) is 3.12. The SMILES string of the molecule is O=C(NCc1ccc(-n2cccn2)cc1)c1cccc2ncccc12. The third-order valence-corrected chi connectivity index (χ3v) is 4.05. The fourth-order valence-electron chi connectivity index (χ4n) is 2.77. The highest BCUT2D eigenvalue weighted by Gasteiger charge is 2.09. The zero-order valence-electron chi connectivity index (χ0n) is 13.5. The monoisotopic (exact) mass is 328 g/mol. The summed E-state index contributed by atoms with van der Waals surface area (Å²) in [4.78, 5) is 16.8. The van der Waals surface area contributed by atoms with Crippen molar-refractivity contribution in [1.82, 2.24) is 20.1 Å². The van der Waals surface area contributed by atoms with E-state index in [-0.39, 0.29) is 5.91 Å². The minimum Gasteiger partial charge on any atom is -0.348 e. The third-order valence-electron chi connectivity index (χ3n) is 4.05. The Bertz CT molecular complexity index is 1000. The van der Waals surface area contributed by atoms with E-state index in [2.05, 4.69) is 15.4 Å². The van der Waals surface area contributed by atoms with E-state index in [0.29, 0.717) is 12.1 Å². The molecule has 0 aliphatic carbocycles. The van der Waals surface area contributed by atoms with E-state index in [1.807, 2.05) is 66.9 Å². The van der Waals surface area contributed by atoms with Crippen molar-refractivity contribution >= 4 is 16.8 Å². The largest absolute Gasteiger partial charge is 0.348 e. The van der Waals surface area contributed by atoms with Gasteiger partial charge >= 0.3 is 0 Å². The topological polar surface area (TPSA) is 59.8 Å². The Morgan fingerprint density at radius 3 is 2.64 bits per heavy atom. The molecule has 4 aromatic rings. The number of nitrogens with zero attached hydrogens (tertiary/aromatic N) is 3. The highest BCUT2D eigenvalue weighted by atomic mass is 16.1. The lowest BCUT2D eigenvalue weighted by molar-refractivity contribution is 0.0952. The molecule has 0 saturated heterocycles. The van der Waals surface area contributed by atoms with Crippen molar-refractivity contribution in [3.8, 4) is 5.69 Å². The average Bonchev–Trinajstić information content (AvgIpc) is 3.21. The lowest BCUT2D eigenvalue weighted by Crippen LogP contribution is -2.23. The molecule has 0 saturated carbocycles. The molecule has 0 fully saturated rings. The van der Waals surface area contributed by atoms with Gasteiger partial charge in [0.2, 0.25) is 0 Å². The molecular formula is C20H16N4O. The number of benzene rings is 2. The number of carbonyl (C=O) groups is 1. The quantitative estimate of drug-likeness (QED) is 0.625. The van der Waals surface area contributed by atoms with Gasteiger partial charge in [0.1, 0.15) is 0 Å². The van der Waals surface area contributed by atoms with E-state index in [1.54, 1.807) is 17.1 Å². The van der Waals surface area contributed by atoms with Crippen LogP contribution in [0.15, 0.2) is 79.3 Å². The maximum atomic E-state index is 12.5. The van der Waals surface area contributed by atoms with Crippen molar-refractivity contribution in [3.63, 3.8) is 0 Å². The molecule has 0 radical (unpaired) electrons. The van der Waals surface area contributed by atoms with Gasteiger partial charge in [0.25, 0.3) is 5.91 Å². The van der Waals surface area contributed by atoms with Gasteiger partial charge in [-0.25, -0.2) is 4.68 Å². The van der Waals surface area contributed by atoms with Crippen LogP contribution in [0.25, 0.3) is 16.6 Å². The van der Waals surface area contributed by atoms with Gasteiger partial charge in [0, 0.05) is 36.1 Å². The molecule has 0 spiro atoms. The van der Waals surface area contributed by atoms with Crippen LogP contribution in [-0.4, -0.2) is 20.7 Å². The molecule has 2 heterocycles. The number of fused-ring (bicyclic) bond motifs is 1. The highest BCUT2D eigenvalue weighted by molar-refractivity contribution is 6.06. The first-order valence-electron chi connectivity index (χ1n) is 8.02. The average molecular weight is 328 g/mol. The first kappa shape index (κ1) is 15.1. The molecule has 0 unspecified atom stereocenters. The van der Waals surface area contributed by atoms with Crippen molar-refractivity contribution in [2.45, 2.75) is 6.54 Å². The zero-order valence-corrected chi connectivity index (χ0v) is 13.5. The molecular weight excluding hydrogens is 312 g/mol. The molecule has 0 aliphatic heterocycles. The maximum absolute atomic E-state index is 12.5. The standard InChI is InChI=1S/C20H16N4O/c25-20(18-4-1-6-19-17(18)5-2-11-21-19)22-14-15-7-9-16(10-8-15)24-13-3-12-23-24/h1-13H,14H2,(H,22,25). The molecule has 0 bridgehead atoms. The summed E-state index contributed by atoms with van der Waals surface area (Å²) in [5.74, 6) is -0.102. The Kier molecular flexibility index (Phi) is 3.96. The summed E-state index contributed by atoms with van der Waals surface area (Å²) < 4.78 is 1.80. The predicted molar refractivity (Wildman–Crippen MR) is 96.5 cm³/mol. The van der Waals surface area contributed by atoms with E-state index in [4.69, 9.17) is 0 Å². The van der Waals surface area contributed by atoms with Crippen molar-refractivity contribution in [3.05, 3.63) is 90.4 Å². The summed E-state index contributed by atoms with van der Waals surface area (Å²) in [6.45, 7) is 0.467. The van der Waals surface area contributed by atoms with Gasteiger partial charge in [-0.15, -0.1) is 0 Å². The van der Waals surface area contributed by atoms with Gasteiger partial charge in [-0.3, -0.25) is 9.78 Å². The Morgan fingerprint density at radius 2 is 1.84 bits per heavy atom. The lowest BCUT2D eigenvalue weighted by atomic mass is 10.1. The van der Waals surface area contributed by atoms with Crippen LogP contribution >= 0.6 is 0 Å². The van der Waals surface area contributed by atoms with Crippen molar-refractivity contribution in [1.29, 1.82) is 0 Å². The normalized spacial score (nSPS) is 10.7. The van der Waals surface area contributed by atoms with Gasteiger partial charge in [-0.2, -0.15) is 5.10 Å². The summed E-state index contributed by atoms with van der Waals surface area (Å²) >= 11 is 0. The molecule has 122 valence electrons. The molecule has 25 heavy (non-hydrogen) atoms. The van der Waals surface area contributed by atoms with E-state index >= 15 is 0 Å². The van der Waals surface area contributed by atoms with Crippen LogP contribution in [0.5, 0.6) is 0 Å². The van der Waals surface area contributed by atoms with Gasteiger partial charge < -0.3 is 5.32 Å². The number of aromatic nitrogens is 3. The zero-order chi connectivity index (χ0) is 17.1. The predicted octanol–water partition coefficient (Wildman–Crippen LogP) is 3.35. The Balaban J connectivity index is 1.48. The molecule has 5 nitrogen and oxygen atoms in total. The van der Waals surface area contributed by atoms with Gasteiger partial charge in [0.05, 0.1) is 11.2 Å². The molecule has 5 heteroatoms. The summed E-state index contributed by atoms with van der Waals surface area (Å²) in [6.07, 6.45) is 5.36. The second-order valence-electron chi connectivity index (χ2n) is 5.68. The lowest BCUT2D eigenvalue weighted by Gasteiger charge is -2.08. The number of rotatable bonds is 4. The first-order chi connectivity index (χ1) is 12.3. The summed E-state index contributed by atoms with van der Waals surface area (Å²) in [7, 11) is 0. The van der Waals surface area contributed by atoms with Crippen molar-refractivity contribution in [2.75, 3.05) is 0 Å². The molecule has 1 N–H and O–H groups in total. The van der Waals surface area contributed by atoms with E-state index < -0.39 is 0 Å². The first-order valence-corrected chi connectivity index (χ1v) is 8.02. The fourth-order valence-corrected chi connectivity index (χ4v) is 2.77. The van der Waals surface area contributed by atoms with Crippen molar-refractivity contribution < 1.29 is 4.79 Å². The summed E-state index contributed by atoms with van der Waals surface area (Å²) in [6, 6.07) is 19.1. The van der Waals surface area contributed by atoms with Crippen LogP contribution in [0.1, 0.15) is 15.9 Å². The molecule has 4 rings (SSSR count). The van der Waals surface area contributed by atoms with Crippen LogP contribution in [0.4, 0.5) is 0 Å². The molecule has 1 amide bonds. The number of hydrogen-bond donors (Lipinski definition) is 1. The Hall–Kier alpha value is -3.47. The van der Waals surface area contributed by atoms with Crippen LogP contribution in [-0.2, 0) is 6.54 Å². The Morgan fingerprint density at radius 1 is 0.960 bits per heavy atom. The molecule has 2 aromatic carbocycles. The van der Waals surface area contributed by atoms with Gasteiger partial charge in [-0.1, -0.05) is 24.3 Å².